The first-order chi connectivity index (χ1) is 11.7. The molecule has 0 bridgehead atoms. The Labute approximate surface area is 142 Å². The van der Waals surface area contributed by atoms with Crippen LogP contribution in [0, 0.1) is 0 Å². The van der Waals surface area contributed by atoms with Gasteiger partial charge in [0.05, 0.1) is 22.5 Å². The van der Waals surface area contributed by atoms with Gasteiger partial charge in [-0.05, 0) is 31.3 Å². The number of pyridine rings is 1. The van der Waals surface area contributed by atoms with E-state index in [0.717, 1.165) is 22.8 Å². The van der Waals surface area contributed by atoms with Crippen LogP contribution >= 0.6 is 11.3 Å². The molecule has 24 heavy (non-hydrogen) atoms. The van der Waals surface area contributed by atoms with Crippen LogP contribution in [0.3, 0.4) is 0 Å². The molecule has 0 aliphatic carbocycles. The molecule has 0 saturated carbocycles. The van der Waals surface area contributed by atoms with Gasteiger partial charge in [-0.2, -0.15) is 0 Å². The average molecular weight is 336 g/mol. The first kappa shape index (κ1) is 15.0. The lowest BCUT2D eigenvalue weighted by Gasteiger charge is -2.14. The van der Waals surface area contributed by atoms with Crippen molar-refractivity contribution in [2.24, 2.45) is 0 Å². The summed E-state index contributed by atoms with van der Waals surface area (Å²) in [5.41, 5.74) is 2.43. The molecule has 3 heterocycles. The minimum absolute atomic E-state index is 0.0519. The number of benzene rings is 1. The van der Waals surface area contributed by atoms with E-state index in [0.29, 0.717) is 12.2 Å². The minimum Gasteiger partial charge on any atom is -0.294 e. The molecule has 4 rings (SSSR count). The number of fused-ring (bicyclic) bond motifs is 2. The summed E-state index contributed by atoms with van der Waals surface area (Å²) in [6, 6.07) is 15.3. The minimum atomic E-state index is -0.0519. The van der Waals surface area contributed by atoms with E-state index in [1.54, 1.807) is 28.0 Å². The van der Waals surface area contributed by atoms with Crippen LogP contribution in [0.25, 0.3) is 15.9 Å². The molecule has 0 aliphatic rings. The normalized spacial score (nSPS) is 11.6. The molecule has 0 saturated heterocycles. The predicted octanol–water partition coefficient (Wildman–Crippen LogP) is 2.94. The molecule has 0 aliphatic heterocycles. The molecule has 3 aromatic heterocycles. The lowest BCUT2D eigenvalue weighted by atomic mass is 10.3. The summed E-state index contributed by atoms with van der Waals surface area (Å²) in [5.74, 6) is 0. The van der Waals surface area contributed by atoms with Gasteiger partial charge in [0.15, 0.2) is 0 Å². The zero-order valence-electron chi connectivity index (χ0n) is 13.2. The number of thiazole rings is 1. The van der Waals surface area contributed by atoms with E-state index < -0.39 is 0 Å². The van der Waals surface area contributed by atoms with E-state index in [4.69, 9.17) is 0 Å². The maximum atomic E-state index is 12.2. The fourth-order valence-electron chi connectivity index (χ4n) is 2.73. The van der Waals surface area contributed by atoms with Crippen molar-refractivity contribution in [2.75, 3.05) is 7.05 Å². The van der Waals surface area contributed by atoms with Gasteiger partial charge in [-0.25, -0.2) is 9.97 Å². The van der Waals surface area contributed by atoms with Gasteiger partial charge in [0.2, 0.25) is 0 Å². The van der Waals surface area contributed by atoms with Gasteiger partial charge in [0.1, 0.15) is 10.7 Å². The summed E-state index contributed by atoms with van der Waals surface area (Å²) in [7, 11) is 2.01. The molecule has 120 valence electrons. The highest BCUT2D eigenvalue weighted by molar-refractivity contribution is 7.18. The monoisotopic (exact) mass is 336 g/mol. The fraction of sp³-hybridized carbons (Fsp3) is 0.167. The second-order valence-electron chi connectivity index (χ2n) is 5.76. The first-order valence-corrected chi connectivity index (χ1v) is 8.51. The molecule has 0 fully saturated rings. The molecule has 0 spiro atoms. The van der Waals surface area contributed by atoms with Gasteiger partial charge in [0.25, 0.3) is 5.56 Å². The van der Waals surface area contributed by atoms with Crippen LogP contribution in [0.4, 0.5) is 0 Å². The Morgan fingerprint density at radius 1 is 1.08 bits per heavy atom. The summed E-state index contributed by atoms with van der Waals surface area (Å²) in [5, 5.41) is 1.07. The number of aromatic nitrogens is 3. The number of rotatable bonds is 4. The number of nitrogens with zero attached hydrogens (tertiary/aromatic N) is 4. The van der Waals surface area contributed by atoms with E-state index in [1.165, 1.54) is 4.70 Å². The Balaban J connectivity index is 1.55. The Hall–Kier alpha value is -2.57. The van der Waals surface area contributed by atoms with Crippen LogP contribution in [0.2, 0.25) is 0 Å². The predicted molar refractivity (Wildman–Crippen MR) is 96.3 cm³/mol. The molecule has 6 heteroatoms. The maximum Gasteiger partial charge on any atom is 0.258 e. The van der Waals surface area contributed by atoms with Crippen LogP contribution in [-0.4, -0.2) is 26.3 Å². The summed E-state index contributed by atoms with van der Waals surface area (Å²) in [4.78, 5) is 23.5. The second-order valence-corrected chi connectivity index (χ2v) is 6.88. The Morgan fingerprint density at radius 2 is 1.92 bits per heavy atom. The largest absolute Gasteiger partial charge is 0.294 e. The van der Waals surface area contributed by atoms with Crippen LogP contribution in [0.1, 0.15) is 10.7 Å². The van der Waals surface area contributed by atoms with Gasteiger partial charge < -0.3 is 0 Å². The number of para-hydroxylation sites is 1. The van der Waals surface area contributed by atoms with Gasteiger partial charge in [-0.15, -0.1) is 11.3 Å². The topological polar surface area (TPSA) is 50.5 Å². The van der Waals surface area contributed by atoms with Crippen molar-refractivity contribution in [1.29, 1.82) is 0 Å². The second kappa shape index (κ2) is 6.14. The highest BCUT2D eigenvalue weighted by Crippen LogP contribution is 2.22. The van der Waals surface area contributed by atoms with E-state index in [2.05, 4.69) is 20.9 Å². The van der Waals surface area contributed by atoms with Crippen LogP contribution in [-0.2, 0) is 13.1 Å². The standard InChI is InChI=1S/C18H16N4OS/c1-21(12-17-20-14-6-2-3-7-15(14)24-17)11-13-10-18(23)22-9-5-4-8-16(22)19-13/h2-10H,11-12H2,1H3. The average Bonchev–Trinajstić information content (AvgIpc) is 2.96. The molecule has 0 atom stereocenters. The van der Waals surface area contributed by atoms with Gasteiger partial charge in [-0.1, -0.05) is 18.2 Å². The van der Waals surface area contributed by atoms with Crippen molar-refractivity contribution in [2.45, 2.75) is 13.1 Å². The quantitative estimate of drug-likeness (QED) is 0.575. The number of hydrogen-bond donors (Lipinski definition) is 0. The Kier molecular flexibility index (Phi) is 3.84. The molecule has 1 aromatic carbocycles. The van der Waals surface area contributed by atoms with Crippen LogP contribution in [0.5, 0.6) is 0 Å². The van der Waals surface area contributed by atoms with Crippen molar-refractivity contribution in [3.63, 3.8) is 0 Å². The summed E-state index contributed by atoms with van der Waals surface area (Å²) in [6.07, 6.45) is 1.74. The molecule has 0 radical (unpaired) electrons. The molecular weight excluding hydrogens is 320 g/mol. The Morgan fingerprint density at radius 3 is 2.79 bits per heavy atom. The maximum absolute atomic E-state index is 12.2. The van der Waals surface area contributed by atoms with E-state index in [1.807, 2.05) is 43.4 Å². The van der Waals surface area contributed by atoms with Crippen molar-refractivity contribution >= 4 is 27.2 Å². The van der Waals surface area contributed by atoms with Crippen LogP contribution < -0.4 is 5.56 Å². The van der Waals surface area contributed by atoms with Gasteiger partial charge in [-0.3, -0.25) is 14.1 Å². The van der Waals surface area contributed by atoms with Crippen LogP contribution in [0.15, 0.2) is 59.5 Å². The van der Waals surface area contributed by atoms with Crippen molar-refractivity contribution in [1.82, 2.24) is 19.3 Å². The van der Waals surface area contributed by atoms with E-state index in [9.17, 15) is 4.79 Å². The van der Waals surface area contributed by atoms with Gasteiger partial charge in [0, 0.05) is 18.8 Å². The van der Waals surface area contributed by atoms with Crippen molar-refractivity contribution < 1.29 is 0 Å². The third kappa shape index (κ3) is 2.93. The lowest BCUT2D eigenvalue weighted by molar-refractivity contribution is 0.315. The zero-order chi connectivity index (χ0) is 16.5. The van der Waals surface area contributed by atoms with E-state index in [-0.39, 0.29) is 5.56 Å². The summed E-state index contributed by atoms with van der Waals surface area (Å²) >= 11 is 1.70. The Bertz CT molecular complexity index is 1040. The van der Waals surface area contributed by atoms with Gasteiger partial charge >= 0.3 is 0 Å². The molecule has 5 nitrogen and oxygen atoms in total. The SMILES string of the molecule is CN(Cc1cc(=O)n2ccccc2n1)Cc1nc2ccccc2s1. The summed E-state index contributed by atoms with van der Waals surface area (Å²) in [6.45, 7) is 1.34. The third-order valence-corrected chi connectivity index (χ3v) is 4.82. The number of hydrogen-bond acceptors (Lipinski definition) is 5. The summed E-state index contributed by atoms with van der Waals surface area (Å²) < 4.78 is 2.75. The van der Waals surface area contributed by atoms with E-state index >= 15 is 0 Å². The highest BCUT2D eigenvalue weighted by atomic mass is 32.1. The third-order valence-electron chi connectivity index (χ3n) is 3.80. The molecule has 0 N–H and O–H groups in total. The molecule has 0 amide bonds. The van der Waals surface area contributed by atoms with Crippen molar-refractivity contribution in [3.8, 4) is 0 Å². The zero-order valence-corrected chi connectivity index (χ0v) is 14.0. The molecule has 4 aromatic rings. The lowest BCUT2D eigenvalue weighted by Crippen LogP contribution is -2.21. The smallest absolute Gasteiger partial charge is 0.258 e. The highest BCUT2D eigenvalue weighted by Gasteiger charge is 2.09. The molecule has 0 unspecified atom stereocenters. The first-order valence-electron chi connectivity index (χ1n) is 7.69. The fourth-order valence-corrected chi connectivity index (χ4v) is 3.78. The molecular formula is C18H16N4OS. The van der Waals surface area contributed by atoms with Crippen molar-refractivity contribution in [3.05, 3.63) is 75.8 Å².